The van der Waals surface area contributed by atoms with E-state index in [0.717, 1.165) is 12.8 Å². The standard InChI is InChI=1S/C11H19N3O2S/c1-3-10-12-7-11(13-10)17(15,16)14-8(2)9-5-4-6-9/h7-9,14H,3-6H2,1-2H3,(H,12,13). The minimum absolute atomic E-state index is 0.00197. The van der Waals surface area contributed by atoms with Crippen LogP contribution in [0, 0.1) is 5.92 Å². The number of sulfonamides is 1. The highest BCUT2D eigenvalue weighted by Crippen LogP contribution is 2.29. The van der Waals surface area contributed by atoms with Gasteiger partial charge < -0.3 is 4.98 Å². The molecule has 2 N–H and O–H groups in total. The van der Waals surface area contributed by atoms with Crippen molar-refractivity contribution < 1.29 is 8.42 Å². The van der Waals surface area contributed by atoms with E-state index in [0.29, 0.717) is 18.2 Å². The fourth-order valence-electron chi connectivity index (χ4n) is 2.00. The average molecular weight is 257 g/mol. The van der Waals surface area contributed by atoms with Gasteiger partial charge in [0.1, 0.15) is 5.82 Å². The summed E-state index contributed by atoms with van der Waals surface area (Å²) in [5, 5.41) is 0.167. The Morgan fingerprint density at radius 3 is 2.76 bits per heavy atom. The number of hydrogen-bond acceptors (Lipinski definition) is 3. The van der Waals surface area contributed by atoms with E-state index in [1.807, 2.05) is 13.8 Å². The molecule has 0 radical (unpaired) electrons. The van der Waals surface area contributed by atoms with Crippen molar-refractivity contribution in [2.75, 3.05) is 0 Å². The van der Waals surface area contributed by atoms with Crippen LogP contribution in [0.25, 0.3) is 0 Å². The Labute approximate surface area is 102 Å². The van der Waals surface area contributed by atoms with E-state index in [2.05, 4.69) is 14.7 Å². The maximum Gasteiger partial charge on any atom is 0.257 e. The SMILES string of the molecule is CCc1ncc(S(=O)(=O)NC(C)C2CCC2)[nH]1. The van der Waals surface area contributed by atoms with Crippen LogP contribution in [0.15, 0.2) is 11.2 Å². The second kappa shape index (κ2) is 4.78. The third kappa shape index (κ3) is 2.69. The Kier molecular flexibility index (Phi) is 3.53. The van der Waals surface area contributed by atoms with Crippen molar-refractivity contribution in [3.8, 4) is 0 Å². The Hall–Kier alpha value is -0.880. The molecule has 96 valence electrons. The smallest absolute Gasteiger partial charge is 0.257 e. The molecule has 1 fully saturated rings. The summed E-state index contributed by atoms with van der Waals surface area (Å²) in [7, 11) is -3.44. The number of aromatic amines is 1. The predicted molar refractivity (Wildman–Crippen MR) is 65.1 cm³/mol. The van der Waals surface area contributed by atoms with Crippen LogP contribution in [0.4, 0.5) is 0 Å². The second-order valence-corrected chi connectivity index (χ2v) is 6.33. The molecule has 0 amide bonds. The molecule has 5 nitrogen and oxygen atoms in total. The van der Waals surface area contributed by atoms with Crippen molar-refractivity contribution in [1.82, 2.24) is 14.7 Å². The molecule has 0 aromatic carbocycles. The lowest BCUT2D eigenvalue weighted by atomic mass is 9.81. The van der Waals surface area contributed by atoms with Crippen LogP contribution in [0.1, 0.15) is 38.9 Å². The number of nitrogens with one attached hydrogen (secondary N) is 2. The van der Waals surface area contributed by atoms with Crippen molar-refractivity contribution in [3.05, 3.63) is 12.0 Å². The molecule has 1 aromatic rings. The van der Waals surface area contributed by atoms with Crippen LogP contribution in [0.5, 0.6) is 0 Å². The molecule has 0 saturated heterocycles. The monoisotopic (exact) mass is 257 g/mol. The molecule has 1 heterocycles. The molecule has 0 spiro atoms. The van der Waals surface area contributed by atoms with Gasteiger partial charge >= 0.3 is 0 Å². The molecule has 2 rings (SSSR count). The van der Waals surface area contributed by atoms with Gasteiger partial charge in [0.05, 0.1) is 6.20 Å². The summed E-state index contributed by atoms with van der Waals surface area (Å²) in [6, 6.07) is 0.00197. The van der Waals surface area contributed by atoms with E-state index in [9.17, 15) is 8.42 Å². The zero-order valence-electron chi connectivity index (χ0n) is 10.2. The maximum absolute atomic E-state index is 12.0. The summed E-state index contributed by atoms with van der Waals surface area (Å²) < 4.78 is 26.8. The van der Waals surface area contributed by atoms with Crippen LogP contribution in [0.3, 0.4) is 0 Å². The van der Waals surface area contributed by atoms with Crippen LogP contribution in [-0.2, 0) is 16.4 Å². The van der Waals surface area contributed by atoms with Gasteiger partial charge in [0.15, 0.2) is 5.03 Å². The number of rotatable bonds is 5. The highest BCUT2D eigenvalue weighted by Gasteiger charge is 2.28. The molecular formula is C11H19N3O2S. The Bertz CT molecular complexity index is 477. The molecule has 1 atom stereocenters. The van der Waals surface area contributed by atoms with E-state index in [4.69, 9.17) is 0 Å². The molecule has 0 aliphatic heterocycles. The lowest BCUT2D eigenvalue weighted by Gasteiger charge is -2.31. The summed E-state index contributed by atoms with van der Waals surface area (Å²) in [5.74, 6) is 1.18. The van der Waals surface area contributed by atoms with Gasteiger partial charge in [0.2, 0.25) is 0 Å². The third-order valence-electron chi connectivity index (χ3n) is 3.43. The summed E-state index contributed by atoms with van der Waals surface area (Å²) in [6.07, 6.45) is 5.53. The minimum Gasteiger partial charge on any atom is -0.332 e. The summed E-state index contributed by atoms with van der Waals surface area (Å²) in [5.41, 5.74) is 0. The quantitative estimate of drug-likeness (QED) is 0.838. The second-order valence-electron chi connectivity index (χ2n) is 4.65. The van der Waals surface area contributed by atoms with Crippen molar-refractivity contribution in [1.29, 1.82) is 0 Å². The number of aryl methyl sites for hydroxylation is 1. The zero-order valence-corrected chi connectivity index (χ0v) is 11.0. The fourth-order valence-corrected chi connectivity index (χ4v) is 3.26. The number of H-pyrrole nitrogens is 1. The Balaban J connectivity index is 2.07. The minimum atomic E-state index is -3.44. The van der Waals surface area contributed by atoms with Gasteiger partial charge in [-0.25, -0.2) is 18.1 Å². The first-order valence-corrected chi connectivity index (χ1v) is 7.57. The van der Waals surface area contributed by atoms with Gasteiger partial charge in [0, 0.05) is 12.5 Å². The van der Waals surface area contributed by atoms with Crippen LogP contribution in [0.2, 0.25) is 0 Å². The lowest BCUT2D eigenvalue weighted by molar-refractivity contribution is 0.260. The zero-order chi connectivity index (χ0) is 12.5. The summed E-state index contributed by atoms with van der Waals surface area (Å²) >= 11 is 0. The van der Waals surface area contributed by atoms with E-state index >= 15 is 0 Å². The first-order chi connectivity index (χ1) is 8.03. The van der Waals surface area contributed by atoms with Crippen molar-refractivity contribution in [2.45, 2.75) is 50.6 Å². The first-order valence-electron chi connectivity index (χ1n) is 6.09. The number of hydrogen-bond donors (Lipinski definition) is 2. The predicted octanol–water partition coefficient (Wildman–Crippen LogP) is 1.44. The average Bonchev–Trinajstić information content (AvgIpc) is 2.62. The molecule has 1 aliphatic rings. The molecule has 6 heteroatoms. The van der Waals surface area contributed by atoms with Crippen molar-refractivity contribution in [2.24, 2.45) is 5.92 Å². The van der Waals surface area contributed by atoms with Gasteiger partial charge in [0.25, 0.3) is 10.0 Å². The molecule has 1 aromatic heterocycles. The van der Waals surface area contributed by atoms with Gasteiger partial charge in [-0.2, -0.15) is 0 Å². The van der Waals surface area contributed by atoms with E-state index in [1.165, 1.54) is 12.6 Å². The topological polar surface area (TPSA) is 74.8 Å². The first kappa shape index (κ1) is 12.6. The molecule has 1 aliphatic carbocycles. The van der Waals surface area contributed by atoms with Crippen LogP contribution in [-0.4, -0.2) is 24.4 Å². The maximum atomic E-state index is 12.0. The number of aromatic nitrogens is 2. The van der Waals surface area contributed by atoms with Crippen molar-refractivity contribution >= 4 is 10.0 Å². The Morgan fingerprint density at radius 1 is 1.59 bits per heavy atom. The highest BCUT2D eigenvalue weighted by atomic mass is 32.2. The normalized spacial score (nSPS) is 18.9. The van der Waals surface area contributed by atoms with Gasteiger partial charge in [-0.15, -0.1) is 0 Å². The third-order valence-corrected chi connectivity index (χ3v) is 4.90. The molecular weight excluding hydrogens is 238 g/mol. The van der Waals surface area contributed by atoms with E-state index in [1.54, 1.807) is 0 Å². The van der Waals surface area contributed by atoms with E-state index in [-0.39, 0.29) is 11.1 Å². The van der Waals surface area contributed by atoms with Crippen LogP contribution >= 0.6 is 0 Å². The van der Waals surface area contributed by atoms with E-state index < -0.39 is 10.0 Å². The Morgan fingerprint density at radius 2 is 2.29 bits per heavy atom. The summed E-state index contributed by atoms with van der Waals surface area (Å²) in [4.78, 5) is 6.83. The summed E-state index contributed by atoms with van der Waals surface area (Å²) in [6.45, 7) is 3.86. The molecule has 0 bridgehead atoms. The van der Waals surface area contributed by atoms with Crippen molar-refractivity contribution in [3.63, 3.8) is 0 Å². The molecule has 17 heavy (non-hydrogen) atoms. The lowest BCUT2D eigenvalue weighted by Crippen LogP contribution is -2.40. The van der Waals surface area contributed by atoms with Gasteiger partial charge in [-0.3, -0.25) is 0 Å². The van der Waals surface area contributed by atoms with Gasteiger partial charge in [-0.1, -0.05) is 13.3 Å². The molecule has 1 unspecified atom stereocenters. The number of imidazole rings is 1. The highest BCUT2D eigenvalue weighted by molar-refractivity contribution is 7.89. The van der Waals surface area contributed by atoms with Crippen LogP contribution < -0.4 is 4.72 Å². The fraction of sp³-hybridized carbons (Fsp3) is 0.727. The largest absolute Gasteiger partial charge is 0.332 e. The molecule has 1 saturated carbocycles. The van der Waals surface area contributed by atoms with Gasteiger partial charge in [-0.05, 0) is 25.7 Å². The number of nitrogens with zero attached hydrogens (tertiary/aromatic N) is 1.